The van der Waals surface area contributed by atoms with Crippen LogP contribution in [0.25, 0.3) is 0 Å². The minimum Gasteiger partial charge on any atom is -0.468 e. The molecule has 0 bridgehead atoms. The molecule has 0 aliphatic carbocycles. The van der Waals surface area contributed by atoms with Gasteiger partial charge in [-0.1, -0.05) is 12.1 Å². The lowest BCUT2D eigenvalue weighted by Crippen LogP contribution is -2.34. The van der Waals surface area contributed by atoms with E-state index in [9.17, 15) is 13.6 Å². The third-order valence-electron chi connectivity index (χ3n) is 2.30. The molecule has 2 N–H and O–H groups in total. The van der Waals surface area contributed by atoms with Gasteiger partial charge in [0.2, 0.25) is 0 Å². The summed E-state index contributed by atoms with van der Waals surface area (Å²) in [5.74, 6) is -2.52. The van der Waals surface area contributed by atoms with E-state index >= 15 is 0 Å². The molecule has 0 saturated heterocycles. The lowest BCUT2D eigenvalue weighted by molar-refractivity contribution is -0.142. The number of hydrogen-bond acceptors (Lipinski definition) is 3. The molecular formula is C11H13F2NO2. The number of ether oxygens (including phenoxy) is 1. The van der Waals surface area contributed by atoms with Crippen molar-refractivity contribution in [3.05, 3.63) is 34.9 Å². The fourth-order valence-corrected chi connectivity index (χ4v) is 1.32. The molecule has 0 unspecified atom stereocenters. The highest BCUT2D eigenvalue weighted by atomic mass is 19.2. The molecule has 0 heterocycles. The third kappa shape index (κ3) is 2.55. The van der Waals surface area contributed by atoms with Crippen LogP contribution in [0.3, 0.4) is 0 Å². The second-order valence-electron chi connectivity index (χ2n) is 3.50. The normalized spacial score (nSPS) is 12.3. The number of halogens is 2. The van der Waals surface area contributed by atoms with Gasteiger partial charge in [-0.15, -0.1) is 0 Å². The summed E-state index contributed by atoms with van der Waals surface area (Å²) < 4.78 is 31.0. The van der Waals surface area contributed by atoms with E-state index in [2.05, 4.69) is 4.74 Å². The Labute approximate surface area is 92.2 Å². The zero-order chi connectivity index (χ0) is 12.3. The molecule has 1 aromatic rings. The summed E-state index contributed by atoms with van der Waals surface area (Å²) in [6, 6.07) is 1.87. The van der Waals surface area contributed by atoms with Gasteiger partial charge in [0.15, 0.2) is 11.6 Å². The van der Waals surface area contributed by atoms with Crippen LogP contribution in [0, 0.1) is 18.6 Å². The Kier molecular flexibility index (Phi) is 3.95. The second-order valence-corrected chi connectivity index (χ2v) is 3.50. The van der Waals surface area contributed by atoms with Crippen molar-refractivity contribution in [1.29, 1.82) is 0 Å². The molecule has 0 aromatic heterocycles. The first-order valence-corrected chi connectivity index (χ1v) is 4.74. The predicted octanol–water partition coefficient (Wildman–Crippen LogP) is 1.32. The van der Waals surface area contributed by atoms with Crippen molar-refractivity contribution < 1.29 is 18.3 Å². The number of methoxy groups -OCH3 is 1. The highest BCUT2D eigenvalue weighted by Crippen LogP contribution is 2.16. The average Bonchev–Trinajstić information content (AvgIpc) is 2.28. The number of benzene rings is 1. The first-order valence-electron chi connectivity index (χ1n) is 4.74. The van der Waals surface area contributed by atoms with Crippen molar-refractivity contribution >= 4 is 5.97 Å². The molecule has 1 aromatic carbocycles. The predicted molar refractivity (Wildman–Crippen MR) is 54.8 cm³/mol. The number of nitrogens with two attached hydrogens (primary N) is 1. The van der Waals surface area contributed by atoms with Crippen molar-refractivity contribution in [2.24, 2.45) is 5.73 Å². The Bertz CT molecular complexity index is 407. The van der Waals surface area contributed by atoms with Crippen LogP contribution in [0.2, 0.25) is 0 Å². The highest BCUT2D eigenvalue weighted by Gasteiger charge is 2.18. The zero-order valence-corrected chi connectivity index (χ0v) is 9.09. The van der Waals surface area contributed by atoms with E-state index in [1.807, 2.05) is 0 Å². The van der Waals surface area contributed by atoms with E-state index in [1.165, 1.54) is 26.2 Å². The number of aryl methyl sites for hydroxylation is 1. The van der Waals surface area contributed by atoms with E-state index in [1.54, 1.807) is 0 Å². The summed E-state index contributed by atoms with van der Waals surface area (Å²) in [6.07, 6.45) is -0.0876. The number of esters is 1. The molecule has 3 nitrogen and oxygen atoms in total. The lowest BCUT2D eigenvalue weighted by atomic mass is 10.0. The van der Waals surface area contributed by atoms with Crippen LogP contribution in [-0.4, -0.2) is 19.1 Å². The molecule has 1 rings (SSSR count). The fourth-order valence-electron chi connectivity index (χ4n) is 1.32. The molecule has 0 saturated carbocycles. The second kappa shape index (κ2) is 5.03. The van der Waals surface area contributed by atoms with Gasteiger partial charge in [0.1, 0.15) is 6.04 Å². The molecule has 16 heavy (non-hydrogen) atoms. The van der Waals surface area contributed by atoms with Crippen molar-refractivity contribution in [1.82, 2.24) is 0 Å². The van der Waals surface area contributed by atoms with Crippen LogP contribution in [0.4, 0.5) is 8.78 Å². The van der Waals surface area contributed by atoms with Gasteiger partial charge >= 0.3 is 5.97 Å². The fraction of sp³-hybridized carbons (Fsp3) is 0.364. The summed E-state index contributed by atoms with van der Waals surface area (Å²) in [6.45, 7) is 1.46. The Hall–Kier alpha value is -1.49. The largest absolute Gasteiger partial charge is 0.468 e. The first-order chi connectivity index (χ1) is 7.47. The molecule has 0 radical (unpaired) electrons. The molecule has 88 valence electrons. The van der Waals surface area contributed by atoms with Crippen LogP contribution in [0.1, 0.15) is 11.1 Å². The molecular weight excluding hydrogens is 216 g/mol. The maximum atomic E-state index is 13.4. The van der Waals surface area contributed by atoms with Crippen LogP contribution >= 0.6 is 0 Å². The van der Waals surface area contributed by atoms with Gasteiger partial charge < -0.3 is 10.5 Å². The van der Waals surface area contributed by atoms with Gasteiger partial charge in [0.05, 0.1) is 7.11 Å². The van der Waals surface area contributed by atoms with E-state index in [4.69, 9.17) is 5.73 Å². The van der Waals surface area contributed by atoms with Crippen molar-refractivity contribution in [3.63, 3.8) is 0 Å². The van der Waals surface area contributed by atoms with Crippen molar-refractivity contribution in [2.75, 3.05) is 7.11 Å². The molecule has 1 atom stereocenters. The van der Waals surface area contributed by atoms with Gasteiger partial charge in [-0.3, -0.25) is 4.79 Å². The standard InChI is InChI=1S/C11H13F2NO2/c1-6-3-4-7(10(13)9(6)12)5-8(14)11(15)16-2/h3-4,8H,5,14H2,1-2H3/t8-/m0/s1. The Balaban J connectivity index is 2.90. The molecule has 0 spiro atoms. The Morgan fingerprint density at radius 2 is 2.06 bits per heavy atom. The first kappa shape index (κ1) is 12.6. The zero-order valence-electron chi connectivity index (χ0n) is 9.09. The molecule has 0 amide bonds. The summed E-state index contributed by atoms with van der Waals surface area (Å²) in [7, 11) is 1.19. The lowest BCUT2D eigenvalue weighted by Gasteiger charge is -2.10. The Morgan fingerprint density at radius 3 is 2.62 bits per heavy atom. The maximum Gasteiger partial charge on any atom is 0.322 e. The van der Waals surface area contributed by atoms with Gasteiger partial charge in [-0.05, 0) is 18.1 Å². The third-order valence-corrected chi connectivity index (χ3v) is 2.30. The smallest absolute Gasteiger partial charge is 0.322 e. The van der Waals surface area contributed by atoms with E-state index in [0.29, 0.717) is 0 Å². The maximum absolute atomic E-state index is 13.4. The quantitative estimate of drug-likeness (QED) is 0.795. The molecule has 0 aliphatic heterocycles. The summed E-state index contributed by atoms with van der Waals surface area (Å²) in [4.78, 5) is 11.0. The SMILES string of the molecule is COC(=O)[C@@H](N)Cc1ccc(C)c(F)c1F. The van der Waals surface area contributed by atoms with E-state index in [-0.39, 0.29) is 17.5 Å². The summed E-state index contributed by atoms with van der Waals surface area (Å²) in [5.41, 5.74) is 5.74. The van der Waals surface area contributed by atoms with Crippen LogP contribution in [-0.2, 0) is 16.0 Å². The van der Waals surface area contributed by atoms with Gasteiger partial charge in [-0.25, -0.2) is 8.78 Å². The monoisotopic (exact) mass is 229 g/mol. The van der Waals surface area contributed by atoms with Crippen LogP contribution in [0.5, 0.6) is 0 Å². The van der Waals surface area contributed by atoms with Crippen molar-refractivity contribution in [2.45, 2.75) is 19.4 Å². The Morgan fingerprint density at radius 1 is 1.44 bits per heavy atom. The molecule has 0 fully saturated rings. The number of rotatable bonds is 3. The summed E-state index contributed by atoms with van der Waals surface area (Å²) in [5, 5.41) is 0. The van der Waals surface area contributed by atoms with Crippen LogP contribution in [0.15, 0.2) is 12.1 Å². The van der Waals surface area contributed by atoms with Crippen LogP contribution < -0.4 is 5.73 Å². The number of carbonyl (C=O) groups excluding carboxylic acids is 1. The minimum absolute atomic E-state index is 0.0704. The number of carbonyl (C=O) groups is 1. The van der Waals surface area contributed by atoms with Crippen molar-refractivity contribution in [3.8, 4) is 0 Å². The molecule has 5 heteroatoms. The average molecular weight is 229 g/mol. The minimum atomic E-state index is -0.985. The van der Waals surface area contributed by atoms with Gasteiger partial charge in [-0.2, -0.15) is 0 Å². The van der Waals surface area contributed by atoms with E-state index in [0.717, 1.165) is 0 Å². The van der Waals surface area contributed by atoms with E-state index < -0.39 is 23.6 Å². The molecule has 0 aliphatic rings. The number of hydrogen-bond donors (Lipinski definition) is 1. The topological polar surface area (TPSA) is 52.3 Å². The summed E-state index contributed by atoms with van der Waals surface area (Å²) >= 11 is 0. The van der Waals surface area contributed by atoms with Gasteiger partial charge in [0.25, 0.3) is 0 Å². The highest BCUT2D eigenvalue weighted by molar-refractivity contribution is 5.75. The van der Waals surface area contributed by atoms with Gasteiger partial charge in [0, 0.05) is 6.42 Å².